The van der Waals surface area contributed by atoms with E-state index in [1.165, 1.54) is 4.90 Å². The van der Waals surface area contributed by atoms with Crippen LogP contribution in [-0.2, 0) is 0 Å². The van der Waals surface area contributed by atoms with Crippen molar-refractivity contribution < 1.29 is 74.1 Å². The summed E-state index contributed by atoms with van der Waals surface area (Å²) in [7, 11) is 0. The summed E-state index contributed by atoms with van der Waals surface area (Å²) in [5.74, 6) is 1.63. The molecular formula is C23H20F12N2O4. The number of hydrogen-bond acceptors (Lipinski definition) is 4. The second-order valence-electron chi connectivity index (χ2n) is 7.41. The van der Waals surface area contributed by atoms with E-state index in [9.17, 15) is 19.2 Å². The van der Waals surface area contributed by atoms with Gasteiger partial charge in [0.15, 0.2) is 0 Å². The Morgan fingerprint density at radius 3 is 1.22 bits per heavy atom. The van der Waals surface area contributed by atoms with Gasteiger partial charge in [0.2, 0.25) is 0 Å². The number of hydrogen-bond donors (Lipinski definition) is 1. The Bertz CT molecular complexity index is 1030. The van der Waals surface area contributed by atoms with Crippen molar-refractivity contribution in [3.63, 3.8) is 0 Å². The Balaban J connectivity index is -0.000000255. The van der Waals surface area contributed by atoms with Gasteiger partial charge >= 0.3 is 0 Å². The number of carbonyl (C=O) groups excluding carboxylic acids is 4. The minimum Gasteiger partial charge on any atom is -0.288 e. The van der Waals surface area contributed by atoms with Crippen LogP contribution >= 0.6 is 0 Å². The molecule has 0 saturated heterocycles. The van der Waals surface area contributed by atoms with Crippen molar-refractivity contribution >= 4 is 23.6 Å². The van der Waals surface area contributed by atoms with Crippen molar-refractivity contribution in [2.24, 2.45) is 5.41 Å². The van der Waals surface area contributed by atoms with Crippen LogP contribution in [0.1, 0.15) is 61.7 Å². The topological polar surface area (TPSA) is 83.6 Å². The number of terminal acetylenes is 1. The smallest absolute Gasteiger partial charge is 0.261 e. The van der Waals surface area contributed by atoms with Crippen LogP contribution in [0, 0.1) is 17.8 Å². The third-order valence-electron chi connectivity index (χ3n) is 4.87. The maximum absolute atomic E-state index is 12.1. The average molecular weight is 616 g/mol. The van der Waals surface area contributed by atoms with Gasteiger partial charge in [0.1, 0.15) is 0 Å². The van der Waals surface area contributed by atoms with Crippen LogP contribution in [0.25, 0.3) is 0 Å². The van der Waals surface area contributed by atoms with Crippen molar-refractivity contribution in [2.45, 2.75) is 20.3 Å². The van der Waals surface area contributed by atoms with E-state index in [0.29, 0.717) is 35.2 Å². The predicted octanol–water partition coefficient (Wildman–Crippen LogP) is 7.94. The molecule has 4 rings (SSSR count). The fourth-order valence-corrected chi connectivity index (χ4v) is 3.02. The first kappa shape index (κ1) is 43.5. The van der Waals surface area contributed by atoms with Crippen LogP contribution in [0.5, 0.6) is 0 Å². The quantitative estimate of drug-likeness (QED) is 0.216. The number of imide groups is 2. The van der Waals surface area contributed by atoms with Gasteiger partial charge in [-0.25, -0.2) is 0 Å². The van der Waals surface area contributed by atoms with E-state index in [-0.39, 0.29) is 29.0 Å². The molecular weight excluding hydrogens is 596 g/mol. The van der Waals surface area contributed by atoms with Gasteiger partial charge in [0.25, 0.3) is 23.6 Å². The van der Waals surface area contributed by atoms with Crippen LogP contribution in [0.15, 0.2) is 48.5 Å². The minimum atomic E-state index is -0.310. The number of benzene rings is 2. The van der Waals surface area contributed by atoms with Gasteiger partial charge in [-0.3, -0.25) is 29.4 Å². The van der Waals surface area contributed by atoms with Crippen molar-refractivity contribution in [3.05, 3.63) is 70.8 Å². The Labute approximate surface area is 224 Å². The first-order chi connectivity index (χ1) is 19.7. The summed E-state index contributed by atoms with van der Waals surface area (Å²) >= 11 is 0. The average Bonchev–Trinajstić information content (AvgIpc) is 3.49. The summed E-state index contributed by atoms with van der Waals surface area (Å²) in [4.78, 5) is 47.3. The largest absolute Gasteiger partial charge is 0.288 e. The van der Waals surface area contributed by atoms with Gasteiger partial charge in [0, 0.05) is 66.9 Å². The molecule has 0 bridgehead atoms. The fraction of sp³-hybridized carbons (Fsp3) is 0.217. The highest BCUT2D eigenvalue weighted by atomic mass is 20.0. The van der Waals surface area contributed by atoms with Crippen LogP contribution in [0.4, 0.5) is 54.9 Å². The Morgan fingerprint density at radius 1 is 0.634 bits per heavy atom. The molecule has 0 fully saturated rings. The molecule has 41 heavy (non-hydrogen) atoms. The predicted molar refractivity (Wildman–Crippen MR) is 121 cm³/mol. The highest BCUT2D eigenvalue weighted by Gasteiger charge is 2.35. The van der Waals surface area contributed by atoms with Crippen LogP contribution < -0.4 is 5.32 Å². The van der Waals surface area contributed by atoms with Crippen molar-refractivity contribution in [2.75, 3.05) is 6.54 Å². The molecule has 0 saturated carbocycles. The molecule has 0 spiro atoms. The molecule has 2 heterocycles. The summed E-state index contributed by atoms with van der Waals surface area (Å²) in [6.07, 6.45) is 6.01. The zero-order valence-corrected chi connectivity index (χ0v) is 20.7. The van der Waals surface area contributed by atoms with Crippen molar-refractivity contribution in [1.29, 1.82) is 0 Å². The molecule has 6 nitrogen and oxygen atoms in total. The van der Waals surface area contributed by atoms with E-state index >= 15 is 0 Å². The van der Waals surface area contributed by atoms with E-state index < -0.39 is 0 Å². The molecule has 0 unspecified atom stereocenters. The number of carbonyl (C=O) groups is 4. The zero-order valence-electron chi connectivity index (χ0n) is 20.7. The molecule has 0 aromatic heterocycles. The lowest BCUT2D eigenvalue weighted by Crippen LogP contribution is -2.33. The molecule has 0 aliphatic carbocycles. The van der Waals surface area contributed by atoms with E-state index in [0.717, 1.165) is 0 Å². The fourth-order valence-electron chi connectivity index (χ4n) is 3.02. The van der Waals surface area contributed by atoms with Crippen LogP contribution in [0.3, 0.4) is 0 Å². The molecule has 2 aromatic rings. The molecule has 2 aliphatic rings. The molecule has 0 atom stereocenters. The number of fused-ring (bicyclic) bond motifs is 2. The number of rotatable bonds is 3. The maximum Gasteiger partial charge on any atom is 0.261 e. The maximum atomic E-state index is 12.1. The summed E-state index contributed by atoms with van der Waals surface area (Å²) in [5, 5.41) is 2.20. The van der Waals surface area contributed by atoms with E-state index in [2.05, 4.69) is 11.2 Å². The summed E-state index contributed by atoms with van der Waals surface area (Å²) in [6.45, 7) is 4.21. The standard InChI is InChI=1S/C15H15NO2.C8H5NO2.6F2/c1-4-15(2,3)9-10-16-13(17)11-7-5-6-8-12(11)14(16)18;10-7-5-3-1-2-4-6(5)8(11)9-7;6*1-2/h1,5-8H,9-10H2,2-3H3;1-4H,(H,9,10,11);;;;;;. The molecule has 2 aliphatic heterocycles. The molecule has 4 amide bonds. The van der Waals surface area contributed by atoms with Gasteiger partial charge in [-0.1, -0.05) is 24.3 Å². The monoisotopic (exact) mass is 616 g/mol. The van der Waals surface area contributed by atoms with Crippen LogP contribution in [0.2, 0.25) is 0 Å². The van der Waals surface area contributed by atoms with Gasteiger partial charge < -0.3 is 0 Å². The Kier molecular flexibility index (Phi) is 27.3. The number of halogens is 12. The van der Waals surface area contributed by atoms with Gasteiger partial charge in [-0.15, -0.1) is 12.3 Å². The molecule has 18 heteroatoms. The lowest BCUT2D eigenvalue weighted by Gasteiger charge is -2.21. The van der Waals surface area contributed by atoms with Crippen molar-refractivity contribution in [3.8, 4) is 12.3 Å². The second-order valence-corrected chi connectivity index (χ2v) is 7.41. The van der Waals surface area contributed by atoms with Gasteiger partial charge in [0.05, 0.1) is 22.3 Å². The lowest BCUT2D eigenvalue weighted by atomic mass is 9.90. The first-order valence-corrected chi connectivity index (χ1v) is 9.98. The van der Waals surface area contributed by atoms with E-state index in [4.69, 9.17) is 61.3 Å². The van der Waals surface area contributed by atoms with E-state index in [1.807, 2.05) is 13.8 Å². The van der Waals surface area contributed by atoms with Crippen molar-refractivity contribution in [1.82, 2.24) is 10.2 Å². The summed E-state index contributed by atoms with van der Waals surface area (Å²) in [5.41, 5.74) is 1.60. The normalized spacial score (nSPS) is 11.2. The Morgan fingerprint density at radius 2 is 0.927 bits per heavy atom. The third kappa shape index (κ3) is 13.4. The lowest BCUT2D eigenvalue weighted by molar-refractivity contribution is 0.0641. The second kappa shape index (κ2) is 25.7. The zero-order chi connectivity index (χ0) is 33.2. The third-order valence-corrected chi connectivity index (χ3v) is 4.87. The molecule has 230 valence electrons. The summed E-state index contributed by atoms with van der Waals surface area (Å²) in [6, 6.07) is 13.6. The SMILES string of the molecule is C#CC(C)(C)CCN1C(=O)c2ccccc2C1=O.FF.FF.FF.FF.FF.FF.O=C1NC(=O)c2ccccc21. The minimum absolute atomic E-state index is 0.219. The van der Waals surface area contributed by atoms with Gasteiger partial charge in [-0.2, -0.15) is 0 Å². The number of nitrogens with zero attached hydrogens (tertiary/aromatic N) is 1. The highest BCUT2D eigenvalue weighted by molar-refractivity contribution is 6.22. The molecule has 1 N–H and O–H groups in total. The number of amides is 4. The molecule has 2 aromatic carbocycles. The highest BCUT2D eigenvalue weighted by Crippen LogP contribution is 2.25. The Hall–Kier alpha value is -4.56. The first-order valence-electron chi connectivity index (χ1n) is 9.98. The number of nitrogens with one attached hydrogen (secondary N) is 1. The summed E-state index contributed by atoms with van der Waals surface area (Å²) < 4.78 is 96.0. The van der Waals surface area contributed by atoms with Gasteiger partial charge in [-0.05, 0) is 44.5 Å². The molecule has 0 radical (unpaired) electrons. The van der Waals surface area contributed by atoms with Crippen LogP contribution in [-0.4, -0.2) is 35.1 Å². The van der Waals surface area contributed by atoms with E-state index in [1.54, 1.807) is 48.5 Å².